The van der Waals surface area contributed by atoms with Gasteiger partial charge in [0, 0.05) is 11.6 Å². The third-order valence-corrected chi connectivity index (χ3v) is 3.44. The van der Waals surface area contributed by atoms with Crippen molar-refractivity contribution in [3.63, 3.8) is 0 Å². The topological polar surface area (TPSA) is 43.1 Å². The number of aromatic nitrogens is 4. The average Bonchev–Trinajstić information content (AvgIpc) is 2.84. The summed E-state index contributed by atoms with van der Waals surface area (Å²) in [6, 6.07) is 10.1. The van der Waals surface area contributed by atoms with Crippen LogP contribution in [-0.2, 0) is 0 Å². The minimum atomic E-state index is -0.739. The maximum atomic E-state index is 5.83. The molecule has 2 aromatic heterocycles. The average molecular weight is 307 g/mol. The van der Waals surface area contributed by atoms with Gasteiger partial charge in [0.25, 0.3) is 0 Å². The van der Waals surface area contributed by atoms with E-state index in [0.717, 1.165) is 11.3 Å². The Labute approximate surface area is 126 Å². The number of hydrogen-bond acceptors (Lipinski definition) is 3. The van der Waals surface area contributed by atoms with Gasteiger partial charge in [0.05, 0.1) is 5.69 Å². The monoisotopic (exact) mass is 306 g/mol. The van der Waals surface area contributed by atoms with Crippen LogP contribution >= 0.6 is 23.2 Å². The molecule has 0 bridgehead atoms. The van der Waals surface area contributed by atoms with Crippen molar-refractivity contribution >= 4 is 28.8 Å². The first-order chi connectivity index (χ1) is 9.54. The first-order valence-corrected chi connectivity index (χ1v) is 7.01. The summed E-state index contributed by atoms with van der Waals surface area (Å²) in [5, 5.41) is 4.52. The molecule has 0 amide bonds. The predicted octanol–water partition coefficient (Wildman–Crippen LogP) is 3.88. The molecule has 0 radical (unpaired) electrons. The summed E-state index contributed by atoms with van der Waals surface area (Å²) < 4.78 is 1.69. The van der Waals surface area contributed by atoms with Crippen molar-refractivity contribution in [3.8, 4) is 11.3 Å². The fourth-order valence-corrected chi connectivity index (χ4v) is 2.20. The minimum absolute atomic E-state index is 0.397. The Kier molecular flexibility index (Phi) is 3.36. The van der Waals surface area contributed by atoms with Gasteiger partial charge < -0.3 is 0 Å². The van der Waals surface area contributed by atoms with Crippen molar-refractivity contribution in [2.45, 2.75) is 18.7 Å². The van der Waals surface area contributed by atoms with Gasteiger partial charge in [-0.15, -0.1) is 0 Å². The van der Waals surface area contributed by atoms with Crippen molar-refractivity contribution in [2.24, 2.45) is 0 Å². The van der Waals surface area contributed by atoms with Crippen molar-refractivity contribution in [1.82, 2.24) is 19.6 Å². The maximum Gasteiger partial charge on any atom is 0.167 e. The number of alkyl halides is 2. The molecular weight excluding hydrogens is 295 g/mol. The molecule has 102 valence electrons. The standard InChI is InChI=1S/C14H12Cl2N4/c1-8-3-5-10(6-4-8)11-7-12-18-14(13(15)16)17-9(2)20(12)19-11/h3-7,13H,1-2H3. The van der Waals surface area contributed by atoms with Gasteiger partial charge in [-0.05, 0) is 13.8 Å². The Morgan fingerprint density at radius 3 is 2.40 bits per heavy atom. The summed E-state index contributed by atoms with van der Waals surface area (Å²) in [4.78, 5) is 7.83. The first kappa shape index (κ1) is 13.3. The summed E-state index contributed by atoms with van der Waals surface area (Å²) in [5.41, 5.74) is 3.79. The molecule has 0 spiro atoms. The second-order valence-electron chi connectivity index (χ2n) is 4.60. The highest BCUT2D eigenvalue weighted by Gasteiger charge is 2.13. The van der Waals surface area contributed by atoms with E-state index in [1.54, 1.807) is 4.52 Å². The molecule has 3 aromatic rings. The van der Waals surface area contributed by atoms with Crippen LogP contribution < -0.4 is 0 Å². The Bertz CT molecular complexity index is 763. The van der Waals surface area contributed by atoms with E-state index in [1.807, 2.05) is 25.1 Å². The quantitative estimate of drug-likeness (QED) is 0.675. The summed E-state index contributed by atoms with van der Waals surface area (Å²) in [7, 11) is 0. The third kappa shape index (κ3) is 2.37. The van der Waals surface area contributed by atoms with Crippen LogP contribution in [0.3, 0.4) is 0 Å². The van der Waals surface area contributed by atoms with E-state index in [9.17, 15) is 0 Å². The fourth-order valence-electron chi connectivity index (χ4n) is 2.01. The molecule has 0 saturated heterocycles. The molecule has 4 nitrogen and oxygen atoms in total. The van der Waals surface area contributed by atoms with Gasteiger partial charge in [-0.3, -0.25) is 0 Å². The third-order valence-electron chi connectivity index (χ3n) is 3.05. The lowest BCUT2D eigenvalue weighted by Gasteiger charge is -2.02. The fraction of sp³-hybridized carbons (Fsp3) is 0.214. The van der Waals surface area contributed by atoms with Crippen molar-refractivity contribution in [1.29, 1.82) is 0 Å². The lowest BCUT2D eigenvalue weighted by atomic mass is 10.1. The zero-order valence-corrected chi connectivity index (χ0v) is 12.5. The normalized spacial score (nSPS) is 11.4. The Morgan fingerprint density at radius 2 is 1.75 bits per heavy atom. The SMILES string of the molecule is Cc1ccc(-c2cc3nc(C(Cl)Cl)nc(C)n3n2)cc1. The lowest BCUT2D eigenvalue weighted by Crippen LogP contribution is -2.04. The molecular formula is C14H12Cl2N4. The minimum Gasteiger partial charge on any atom is -0.215 e. The van der Waals surface area contributed by atoms with Gasteiger partial charge in [-0.1, -0.05) is 53.0 Å². The summed E-state index contributed by atoms with van der Waals surface area (Å²) >= 11 is 11.7. The zero-order chi connectivity index (χ0) is 14.3. The molecule has 0 saturated carbocycles. The van der Waals surface area contributed by atoms with Gasteiger partial charge in [0.1, 0.15) is 5.82 Å². The molecule has 1 aromatic carbocycles. The van der Waals surface area contributed by atoms with Crippen LogP contribution in [0, 0.1) is 13.8 Å². The Morgan fingerprint density at radius 1 is 1.05 bits per heavy atom. The van der Waals surface area contributed by atoms with E-state index in [4.69, 9.17) is 23.2 Å². The van der Waals surface area contributed by atoms with E-state index < -0.39 is 4.84 Å². The summed E-state index contributed by atoms with van der Waals surface area (Å²) in [5.74, 6) is 1.10. The van der Waals surface area contributed by atoms with Gasteiger partial charge >= 0.3 is 0 Å². The number of halogens is 2. The van der Waals surface area contributed by atoms with Crippen LogP contribution in [0.25, 0.3) is 16.9 Å². The molecule has 6 heteroatoms. The number of benzene rings is 1. The number of fused-ring (bicyclic) bond motifs is 1. The number of rotatable bonds is 2. The van der Waals surface area contributed by atoms with Crippen LogP contribution in [0.2, 0.25) is 0 Å². The van der Waals surface area contributed by atoms with Crippen molar-refractivity contribution < 1.29 is 0 Å². The van der Waals surface area contributed by atoms with Crippen LogP contribution in [0.1, 0.15) is 22.0 Å². The van der Waals surface area contributed by atoms with Crippen LogP contribution in [0.4, 0.5) is 0 Å². The number of hydrogen-bond donors (Lipinski definition) is 0. The highest BCUT2D eigenvalue weighted by atomic mass is 35.5. The second-order valence-corrected chi connectivity index (χ2v) is 5.69. The molecule has 20 heavy (non-hydrogen) atoms. The van der Waals surface area contributed by atoms with E-state index in [1.165, 1.54) is 5.56 Å². The molecule has 0 unspecified atom stereocenters. The highest BCUT2D eigenvalue weighted by molar-refractivity contribution is 6.43. The van der Waals surface area contributed by atoms with Gasteiger partial charge in [-0.2, -0.15) is 5.10 Å². The second kappa shape index (κ2) is 5.04. The maximum absolute atomic E-state index is 5.83. The first-order valence-electron chi connectivity index (χ1n) is 6.14. The smallest absolute Gasteiger partial charge is 0.167 e. The zero-order valence-electron chi connectivity index (χ0n) is 11.0. The van der Waals surface area contributed by atoms with Crippen LogP contribution in [0.5, 0.6) is 0 Å². The van der Waals surface area contributed by atoms with Crippen LogP contribution in [0.15, 0.2) is 30.3 Å². The largest absolute Gasteiger partial charge is 0.215 e. The highest BCUT2D eigenvalue weighted by Crippen LogP contribution is 2.24. The Balaban J connectivity index is 2.15. The Hall–Kier alpha value is -1.65. The number of aryl methyl sites for hydroxylation is 2. The molecule has 0 aliphatic carbocycles. The lowest BCUT2D eigenvalue weighted by molar-refractivity contribution is 0.812. The van der Waals surface area contributed by atoms with E-state index in [-0.39, 0.29) is 0 Å². The molecule has 2 heterocycles. The van der Waals surface area contributed by atoms with Gasteiger partial charge in [0.15, 0.2) is 16.3 Å². The summed E-state index contributed by atoms with van der Waals surface area (Å²) in [6.45, 7) is 3.90. The van der Waals surface area contributed by atoms with E-state index >= 15 is 0 Å². The predicted molar refractivity (Wildman–Crippen MR) is 80.1 cm³/mol. The van der Waals surface area contributed by atoms with E-state index in [0.29, 0.717) is 17.3 Å². The van der Waals surface area contributed by atoms with Crippen molar-refractivity contribution in [3.05, 3.63) is 47.5 Å². The van der Waals surface area contributed by atoms with Crippen LogP contribution in [-0.4, -0.2) is 19.6 Å². The molecule has 0 N–H and O–H groups in total. The van der Waals surface area contributed by atoms with Gasteiger partial charge in [0.2, 0.25) is 0 Å². The molecule has 3 rings (SSSR count). The van der Waals surface area contributed by atoms with Gasteiger partial charge in [-0.25, -0.2) is 14.5 Å². The summed E-state index contributed by atoms with van der Waals surface area (Å²) in [6.07, 6.45) is 0. The molecule has 0 fully saturated rings. The molecule has 0 aliphatic rings. The molecule has 0 atom stereocenters. The molecule has 0 aliphatic heterocycles. The number of nitrogens with zero attached hydrogens (tertiary/aromatic N) is 4. The van der Waals surface area contributed by atoms with E-state index in [2.05, 4.69) is 34.1 Å². The van der Waals surface area contributed by atoms with Crippen molar-refractivity contribution in [2.75, 3.05) is 0 Å².